The summed E-state index contributed by atoms with van der Waals surface area (Å²) in [5, 5.41) is 0. The first-order chi connectivity index (χ1) is 3.29. The van der Waals surface area contributed by atoms with Crippen LogP contribution in [0, 0.1) is 0 Å². The van der Waals surface area contributed by atoms with Crippen molar-refractivity contribution in [3.8, 4) is 0 Å². The van der Waals surface area contributed by atoms with E-state index in [0.29, 0.717) is 6.61 Å². The standard InChI is InChI=1S/C4H6O3.2ClH.Zn/c1-3-2-6-4(5)7-3;;;/h3H,2H2,1H3;2*1H;/q;;;+2/p-2. The Labute approximate surface area is 84.4 Å². The van der Waals surface area contributed by atoms with Crippen molar-refractivity contribution in [1.29, 1.82) is 0 Å². The third kappa shape index (κ3) is 5.27. The van der Waals surface area contributed by atoms with E-state index in [4.69, 9.17) is 0 Å². The third-order valence-electron chi connectivity index (χ3n) is 0.733. The maximum Gasteiger partial charge on any atom is 2.00 e. The van der Waals surface area contributed by atoms with Crippen molar-refractivity contribution in [3.63, 3.8) is 0 Å². The van der Waals surface area contributed by atoms with Crippen LogP contribution >= 0.6 is 0 Å². The maximum atomic E-state index is 10.0. The van der Waals surface area contributed by atoms with E-state index in [1.807, 2.05) is 0 Å². The van der Waals surface area contributed by atoms with Gasteiger partial charge in [-0.2, -0.15) is 0 Å². The first kappa shape index (κ1) is 16.8. The van der Waals surface area contributed by atoms with Crippen molar-refractivity contribution < 1.29 is 58.6 Å². The monoisotopic (exact) mass is 236 g/mol. The third-order valence-corrected chi connectivity index (χ3v) is 0.733. The summed E-state index contributed by atoms with van der Waals surface area (Å²) < 4.78 is 8.90. The minimum atomic E-state index is -0.549. The molecule has 0 aromatic carbocycles. The smallest absolute Gasteiger partial charge is 1.00 e. The van der Waals surface area contributed by atoms with Crippen molar-refractivity contribution >= 4 is 6.16 Å². The fourth-order valence-corrected chi connectivity index (χ4v) is 0.418. The van der Waals surface area contributed by atoms with Crippen LogP contribution in [0.25, 0.3) is 0 Å². The molecule has 1 fully saturated rings. The van der Waals surface area contributed by atoms with Gasteiger partial charge in [-0.15, -0.1) is 0 Å². The topological polar surface area (TPSA) is 35.5 Å². The van der Waals surface area contributed by atoms with E-state index in [0.717, 1.165) is 0 Å². The van der Waals surface area contributed by atoms with Gasteiger partial charge in [0.05, 0.1) is 0 Å². The Morgan fingerprint density at radius 2 is 2.00 bits per heavy atom. The van der Waals surface area contributed by atoms with Crippen LogP contribution < -0.4 is 24.8 Å². The average molecular weight is 238 g/mol. The van der Waals surface area contributed by atoms with Gasteiger partial charge in [0.2, 0.25) is 0 Å². The zero-order valence-electron chi connectivity index (χ0n) is 5.47. The molecule has 0 amide bonds. The van der Waals surface area contributed by atoms with Gasteiger partial charge in [0.25, 0.3) is 0 Å². The molecule has 1 rings (SSSR count). The molecular formula is C4H6Cl2O3Zn. The van der Waals surface area contributed by atoms with E-state index in [9.17, 15) is 4.79 Å². The molecular weight excluding hydrogens is 232 g/mol. The van der Waals surface area contributed by atoms with Crippen LogP contribution in [0.4, 0.5) is 4.79 Å². The summed E-state index contributed by atoms with van der Waals surface area (Å²) in [5.41, 5.74) is 0. The van der Waals surface area contributed by atoms with Crippen molar-refractivity contribution in [1.82, 2.24) is 0 Å². The van der Waals surface area contributed by atoms with Crippen LogP contribution in [0.3, 0.4) is 0 Å². The fourth-order valence-electron chi connectivity index (χ4n) is 0.418. The number of hydrogen-bond donors (Lipinski definition) is 0. The Hall–Kier alpha value is 0.473. The van der Waals surface area contributed by atoms with Gasteiger partial charge >= 0.3 is 25.6 Å². The molecule has 10 heavy (non-hydrogen) atoms. The van der Waals surface area contributed by atoms with Crippen molar-refractivity contribution in [2.45, 2.75) is 13.0 Å². The summed E-state index contributed by atoms with van der Waals surface area (Å²) in [6.45, 7) is 2.18. The molecule has 1 atom stereocenters. The SMILES string of the molecule is CC1COC(=O)O1.[Cl-].[Cl-].[Zn+2]. The summed E-state index contributed by atoms with van der Waals surface area (Å²) >= 11 is 0. The Morgan fingerprint density at radius 3 is 2.10 bits per heavy atom. The molecule has 1 aliphatic rings. The second kappa shape index (κ2) is 7.58. The number of carbonyl (C=O) groups excluding carboxylic acids is 1. The number of ether oxygens (including phenoxy) is 2. The first-order valence-corrected chi connectivity index (χ1v) is 2.12. The van der Waals surface area contributed by atoms with E-state index < -0.39 is 6.16 Å². The van der Waals surface area contributed by atoms with Crippen LogP contribution in [0.15, 0.2) is 0 Å². The predicted octanol–water partition coefficient (Wildman–Crippen LogP) is -5.45. The molecule has 1 unspecified atom stereocenters. The summed E-state index contributed by atoms with van der Waals surface area (Å²) in [4.78, 5) is 10.0. The Balaban J connectivity index is -0.000000163. The van der Waals surface area contributed by atoms with Gasteiger partial charge < -0.3 is 34.3 Å². The van der Waals surface area contributed by atoms with Gasteiger partial charge in [0, 0.05) is 0 Å². The van der Waals surface area contributed by atoms with Crippen LogP contribution in [0.1, 0.15) is 6.92 Å². The summed E-state index contributed by atoms with van der Waals surface area (Å²) in [6, 6.07) is 0. The van der Waals surface area contributed by atoms with Gasteiger partial charge in [-0.25, -0.2) is 4.79 Å². The minimum absolute atomic E-state index is 0. The molecule has 0 aromatic rings. The molecule has 0 aliphatic carbocycles. The maximum absolute atomic E-state index is 10.0. The minimum Gasteiger partial charge on any atom is -1.00 e. The van der Waals surface area contributed by atoms with Crippen LogP contribution in [-0.4, -0.2) is 18.9 Å². The van der Waals surface area contributed by atoms with E-state index in [-0.39, 0.29) is 50.4 Å². The van der Waals surface area contributed by atoms with Crippen molar-refractivity contribution in [3.05, 3.63) is 0 Å². The van der Waals surface area contributed by atoms with E-state index >= 15 is 0 Å². The predicted molar refractivity (Wildman–Crippen MR) is 21.9 cm³/mol. The fraction of sp³-hybridized carbons (Fsp3) is 0.750. The van der Waals surface area contributed by atoms with E-state index in [1.165, 1.54) is 0 Å². The zero-order valence-corrected chi connectivity index (χ0v) is 9.95. The molecule has 0 radical (unpaired) electrons. The number of halogens is 2. The molecule has 56 valence electrons. The first-order valence-electron chi connectivity index (χ1n) is 2.12. The van der Waals surface area contributed by atoms with Gasteiger partial charge in [-0.3, -0.25) is 0 Å². The Kier molecular flexibility index (Phi) is 12.8. The van der Waals surface area contributed by atoms with E-state index in [2.05, 4.69) is 9.47 Å². The molecule has 0 N–H and O–H groups in total. The number of rotatable bonds is 0. The molecule has 0 bridgehead atoms. The normalized spacial score (nSPS) is 20.5. The molecule has 0 saturated carbocycles. The number of cyclic esters (lactones) is 2. The Morgan fingerprint density at radius 1 is 1.50 bits per heavy atom. The van der Waals surface area contributed by atoms with Crippen LogP contribution in [0.2, 0.25) is 0 Å². The molecule has 0 spiro atoms. The molecule has 1 aliphatic heterocycles. The van der Waals surface area contributed by atoms with Gasteiger partial charge in [-0.05, 0) is 6.92 Å². The molecule has 1 saturated heterocycles. The number of carbonyl (C=O) groups is 1. The summed E-state index contributed by atoms with van der Waals surface area (Å²) in [5.74, 6) is 0. The largest absolute Gasteiger partial charge is 2.00 e. The average Bonchev–Trinajstić information content (AvgIpc) is 1.87. The zero-order chi connectivity index (χ0) is 5.28. The van der Waals surface area contributed by atoms with Crippen molar-refractivity contribution in [2.24, 2.45) is 0 Å². The second-order valence-electron chi connectivity index (χ2n) is 1.49. The van der Waals surface area contributed by atoms with Gasteiger partial charge in [0.15, 0.2) is 0 Å². The summed E-state index contributed by atoms with van der Waals surface area (Å²) in [6.07, 6.45) is -0.597. The Bertz CT molecular complexity index is 101. The molecule has 1 heterocycles. The van der Waals surface area contributed by atoms with Crippen molar-refractivity contribution in [2.75, 3.05) is 6.61 Å². The van der Waals surface area contributed by atoms with Gasteiger partial charge in [-0.1, -0.05) is 0 Å². The van der Waals surface area contributed by atoms with Gasteiger partial charge in [0.1, 0.15) is 12.7 Å². The summed E-state index contributed by atoms with van der Waals surface area (Å²) in [7, 11) is 0. The number of hydrogen-bond acceptors (Lipinski definition) is 3. The molecule has 6 heteroatoms. The second-order valence-corrected chi connectivity index (χ2v) is 1.49. The molecule has 0 aromatic heterocycles. The van der Waals surface area contributed by atoms with Crippen LogP contribution in [0.5, 0.6) is 0 Å². The van der Waals surface area contributed by atoms with E-state index in [1.54, 1.807) is 6.92 Å². The van der Waals surface area contributed by atoms with Crippen LogP contribution in [-0.2, 0) is 29.0 Å². The quantitative estimate of drug-likeness (QED) is 0.312. The molecule has 3 nitrogen and oxygen atoms in total.